The number of esters is 4. The van der Waals surface area contributed by atoms with E-state index in [-0.39, 0.29) is 19.0 Å². The zero-order chi connectivity index (χ0) is 28.6. The molecule has 0 aromatic heterocycles. The predicted molar refractivity (Wildman–Crippen MR) is 129 cm³/mol. The number of thioether (sulfide) groups is 1. The second-order valence-corrected chi connectivity index (χ2v) is 10.2. The predicted octanol–water partition coefficient (Wildman–Crippen LogP) is 0.701. The molecule has 2 aliphatic rings. The fraction of sp³-hybridized carbons (Fsp3) is 0.792. The number of aliphatic hydroxyl groups excluding tert-OH is 1. The van der Waals surface area contributed by atoms with E-state index < -0.39 is 84.1 Å². The van der Waals surface area contributed by atoms with Crippen molar-refractivity contribution in [2.24, 2.45) is 11.8 Å². The molecule has 2 heterocycles. The van der Waals surface area contributed by atoms with Gasteiger partial charge in [-0.3, -0.25) is 19.2 Å². The van der Waals surface area contributed by atoms with Gasteiger partial charge < -0.3 is 38.3 Å². The molecule has 2 rings (SSSR count). The van der Waals surface area contributed by atoms with Gasteiger partial charge in [0.05, 0.1) is 17.9 Å². The Bertz CT molecular complexity index is 892. The van der Waals surface area contributed by atoms with Crippen LogP contribution in [0.3, 0.4) is 0 Å². The molecule has 38 heavy (non-hydrogen) atoms. The highest BCUT2D eigenvalue weighted by Gasteiger charge is 2.52. The number of carbonyl (C=O) groups is 4. The lowest BCUT2D eigenvalue weighted by Crippen LogP contribution is -2.62. The molecule has 14 heteroatoms. The Labute approximate surface area is 225 Å². The van der Waals surface area contributed by atoms with Crippen molar-refractivity contribution in [2.45, 2.75) is 89.9 Å². The van der Waals surface area contributed by atoms with Crippen LogP contribution in [-0.2, 0) is 52.3 Å². The van der Waals surface area contributed by atoms with Crippen molar-refractivity contribution >= 4 is 35.6 Å². The number of hydrogen-bond donors (Lipinski definition) is 1. The second-order valence-electron chi connectivity index (χ2n) is 9.12. The Morgan fingerprint density at radius 3 is 1.89 bits per heavy atom. The molecule has 0 aromatic carbocycles. The minimum atomic E-state index is -1.29. The summed E-state index contributed by atoms with van der Waals surface area (Å²) >= 11 is 1.19. The van der Waals surface area contributed by atoms with Gasteiger partial charge >= 0.3 is 23.9 Å². The number of carbonyl (C=O) groups excluding carboxylic acids is 4. The molecule has 2 saturated heterocycles. The molecule has 4 unspecified atom stereocenters. The van der Waals surface area contributed by atoms with Crippen molar-refractivity contribution in [1.29, 1.82) is 5.26 Å². The maximum atomic E-state index is 12.0. The third kappa shape index (κ3) is 8.81. The summed E-state index contributed by atoms with van der Waals surface area (Å²) in [7, 11) is 0. The van der Waals surface area contributed by atoms with Gasteiger partial charge in [0.1, 0.15) is 43.1 Å². The molecule has 0 saturated carbocycles. The molecule has 2 fully saturated rings. The largest absolute Gasteiger partial charge is 0.463 e. The van der Waals surface area contributed by atoms with Gasteiger partial charge in [0.25, 0.3) is 0 Å². The maximum Gasteiger partial charge on any atom is 0.303 e. The van der Waals surface area contributed by atoms with Gasteiger partial charge in [-0.2, -0.15) is 5.26 Å². The summed E-state index contributed by atoms with van der Waals surface area (Å²) < 4.78 is 39.2. The summed E-state index contributed by atoms with van der Waals surface area (Å²) in [5.41, 5.74) is -0.609. The standard InChI is InChI=1S/C24H35NO12S/c1-11-20(33-15(5)28)18(10-32-14(4)27)35-23(22(11)34-16(6)29)37-21-12(2)24(38-8-7-25)36-17(19(21)30)9-31-13(3)26/h11-12,17-24,30H,8-10H2,1-6H3/t11?,12-,17?,18?,19+,20+,21?,22-,23-,24-/m0/s1. The number of rotatable bonds is 10. The van der Waals surface area contributed by atoms with E-state index in [0.717, 1.165) is 0 Å². The van der Waals surface area contributed by atoms with Crippen LogP contribution >= 0.6 is 11.8 Å². The van der Waals surface area contributed by atoms with E-state index in [1.54, 1.807) is 13.8 Å². The Kier molecular flexibility index (Phi) is 12.2. The fourth-order valence-electron chi connectivity index (χ4n) is 4.33. The quantitative estimate of drug-likeness (QED) is 0.291. The van der Waals surface area contributed by atoms with E-state index in [2.05, 4.69) is 0 Å². The summed E-state index contributed by atoms with van der Waals surface area (Å²) in [6.45, 7) is 7.72. The molecular weight excluding hydrogens is 526 g/mol. The van der Waals surface area contributed by atoms with Crippen LogP contribution < -0.4 is 0 Å². The summed E-state index contributed by atoms with van der Waals surface area (Å²) in [5, 5.41) is 20.2. The number of ether oxygens (including phenoxy) is 7. The Morgan fingerprint density at radius 1 is 0.816 bits per heavy atom. The van der Waals surface area contributed by atoms with E-state index in [0.29, 0.717) is 0 Å². The van der Waals surface area contributed by atoms with Crippen LogP contribution in [0.1, 0.15) is 41.5 Å². The van der Waals surface area contributed by atoms with Crippen LogP contribution in [-0.4, -0.2) is 96.3 Å². The van der Waals surface area contributed by atoms with Gasteiger partial charge in [-0.05, 0) is 0 Å². The Morgan fingerprint density at radius 2 is 1.37 bits per heavy atom. The van der Waals surface area contributed by atoms with Crippen LogP contribution in [0, 0.1) is 23.2 Å². The highest BCUT2D eigenvalue weighted by molar-refractivity contribution is 7.99. The third-order valence-electron chi connectivity index (χ3n) is 6.06. The van der Waals surface area contributed by atoms with Gasteiger partial charge in [-0.15, -0.1) is 11.8 Å². The molecular formula is C24H35NO12S. The smallest absolute Gasteiger partial charge is 0.303 e. The molecule has 0 aromatic rings. The molecule has 0 amide bonds. The summed E-state index contributed by atoms with van der Waals surface area (Å²) in [6.07, 6.45) is -7.49. The fourth-order valence-corrected chi connectivity index (χ4v) is 5.25. The van der Waals surface area contributed by atoms with Crippen molar-refractivity contribution < 1.29 is 57.4 Å². The summed E-state index contributed by atoms with van der Waals surface area (Å²) in [6, 6.07) is 2.02. The van der Waals surface area contributed by atoms with E-state index in [1.165, 1.54) is 39.5 Å². The molecule has 214 valence electrons. The first kappa shape index (κ1) is 31.8. The maximum absolute atomic E-state index is 12.0. The Hall–Kier alpha value is -2.44. The first-order valence-electron chi connectivity index (χ1n) is 12.1. The van der Waals surface area contributed by atoms with Crippen molar-refractivity contribution in [3.63, 3.8) is 0 Å². The second kappa shape index (κ2) is 14.6. The SMILES string of the molecule is CC(=O)OCC1O[C@@H](SCC#N)[C@@H](C)C(O[C@@H]2OC(COC(C)=O)[C@H](OC(C)=O)C(C)[C@@H]2OC(C)=O)[C@@H]1O. The van der Waals surface area contributed by atoms with Crippen molar-refractivity contribution in [1.82, 2.24) is 0 Å². The van der Waals surface area contributed by atoms with Gasteiger partial charge in [0.15, 0.2) is 12.4 Å². The molecule has 0 bridgehead atoms. The number of aliphatic hydroxyl groups is 1. The van der Waals surface area contributed by atoms with Crippen LogP contribution in [0.2, 0.25) is 0 Å². The normalized spacial score (nSPS) is 34.9. The van der Waals surface area contributed by atoms with Crippen molar-refractivity contribution in [3.8, 4) is 6.07 Å². The highest BCUT2D eigenvalue weighted by Crippen LogP contribution is 2.38. The lowest BCUT2D eigenvalue weighted by atomic mass is 9.89. The average molecular weight is 562 g/mol. The number of nitriles is 1. The number of nitrogens with zero attached hydrogens (tertiary/aromatic N) is 1. The molecule has 1 N–H and O–H groups in total. The minimum Gasteiger partial charge on any atom is -0.463 e. The van der Waals surface area contributed by atoms with Crippen LogP contribution in [0.25, 0.3) is 0 Å². The average Bonchev–Trinajstić information content (AvgIpc) is 2.82. The van der Waals surface area contributed by atoms with Gasteiger partial charge in [0.2, 0.25) is 0 Å². The summed E-state index contributed by atoms with van der Waals surface area (Å²) in [5.74, 6) is -3.46. The molecule has 2 aliphatic heterocycles. The molecule has 0 radical (unpaired) electrons. The van der Waals surface area contributed by atoms with Gasteiger partial charge in [-0.1, -0.05) is 13.8 Å². The minimum absolute atomic E-state index is 0.0969. The van der Waals surface area contributed by atoms with Crippen LogP contribution in [0.4, 0.5) is 0 Å². The highest BCUT2D eigenvalue weighted by atomic mass is 32.2. The zero-order valence-electron chi connectivity index (χ0n) is 22.2. The van der Waals surface area contributed by atoms with E-state index in [1.807, 2.05) is 6.07 Å². The lowest BCUT2D eigenvalue weighted by molar-refractivity contribution is -0.326. The van der Waals surface area contributed by atoms with E-state index in [4.69, 9.17) is 38.4 Å². The van der Waals surface area contributed by atoms with Gasteiger partial charge in [0, 0.05) is 39.5 Å². The van der Waals surface area contributed by atoms with E-state index in [9.17, 15) is 24.3 Å². The molecule has 13 nitrogen and oxygen atoms in total. The molecule has 10 atom stereocenters. The molecule has 0 aliphatic carbocycles. The third-order valence-corrected chi connectivity index (χ3v) is 7.23. The van der Waals surface area contributed by atoms with Gasteiger partial charge in [-0.25, -0.2) is 0 Å². The molecule has 0 spiro atoms. The first-order chi connectivity index (χ1) is 17.8. The van der Waals surface area contributed by atoms with Crippen LogP contribution in [0.15, 0.2) is 0 Å². The monoisotopic (exact) mass is 561 g/mol. The number of hydrogen-bond acceptors (Lipinski definition) is 14. The summed E-state index contributed by atoms with van der Waals surface area (Å²) in [4.78, 5) is 46.6. The first-order valence-corrected chi connectivity index (χ1v) is 13.1. The lowest BCUT2D eigenvalue weighted by Gasteiger charge is -2.48. The zero-order valence-corrected chi connectivity index (χ0v) is 23.0. The van der Waals surface area contributed by atoms with Crippen LogP contribution in [0.5, 0.6) is 0 Å². The Balaban J connectivity index is 2.37. The topological polar surface area (TPSA) is 177 Å². The van der Waals surface area contributed by atoms with Crippen molar-refractivity contribution in [3.05, 3.63) is 0 Å². The van der Waals surface area contributed by atoms with E-state index >= 15 is 0 Å². The van der Waals surface area contributed by atoms with Crippen molar-refractivity contribution in [2.75, 3.05) is 19.0 Å².